The van der Waals surface area contributed by atoms with Crippen molar-refractivity contribution in [3.8, 4) is 5.75 Å². The molecule has 4 rings (SSSR count). The monoisotopic (exact) mass is 359 g/mol. The van der Waals surface area contributed by atoms with Gasteiger partial charge in [-0.2, -0.15) is 0 Å². The van der Waals surface area contributed by atoms with Crippen molar-refractivity contribution in [3.05, 3.63) is 29.8 Å². The van der Waals surface area contributed by atoms with Crippen LogP contribution in [-0.2, 0) is 4.79 Å². The van der Waals surface area contributed by atoms with Crippen LogP contribution >= 0.6 is 0 Å². The molecule has 0 spiro atoms. The average molecular weight is 359 g/mol. The summed E-state index contributed by atoms with van der Waals surface area (Å²) in [7, 11) is 1.71. The minimum Gasteiger partial charge on any atom is -0.491 e. The predicted molar refractivity (Wildman–Crippen MR) is 100 cm³/mol. The Labute approximate surface area is 155 Å². The van der Waals surface area contributed by atoms with Crippen LogP contribution in [-0.4, -0.2) is 56.5 Å². The molecule has 2 N–H and O–H groups in total. The standard InChI is InChI=1S/C20H29N3O3/c1-21-19(25)20-8-4-5-11-22-12-15-26-17-7-3-2-6-16(17)18(24)23(13-9-20)14-10-20/h2-3,6-7,22H,4-5,8-15H2,1H3,(H,21,25). The minimum absolute atomic E-state index is 0.00561. The van der Waals surface area contributed by atoms with E-state index >= 15 is 0 Å². The smallest absolute Gasteiger partial charge is 0.257 e. The number of amides is 2. The average Bonchev–Trinajstić information content (AvgIpc) is 2.69. The molecule has 3 aliphatic heterocycles. The van der Waals surface area contributed by atoms with Gasteiger partial charge in [-0.05, 0) is 44.4 Å². The Kier molecular flexibility index (Phi) is 6.14. The first-order chi connectivity index (χ1) is 12.7. The summed E-state index contributed by atoms with van der Waals surface area (Å²) >= 11 is 0. The molecule has 3 aliphatic rings. The number of hydrogen-bond donors (Lipinski definition) is 2. The lowest BCUT2D eigenvalue weighted by Gasteiger charge is -2.40. The Morgan fingerprint density at radius 3 is 2.69 bits per heavy atom. The molecule has 142 valence electrons. The van der Waals surface area contributed by atoms with Crippen LogP contribution in [0, 0.1) is 5.41 Å². The molecular weight excluding hydrogens is 330 g/mol. The molecule has 0 atom stereocenters. The molecule has 26 heavy (non-hydrogen) atoms. The maximum atomic E-state index is 13.0. The Morgan fingerprint density at radius 1 is 1.15 bits per heavy atom. The van der Waals surface area contributed by atoms with Crippen molar-refractivity contribution in [2.75, 3.05) is 39.8 Å². The zero-order valence-corrected chi connectivity index (χ0v) is 15.6. The van der Waals surface area contributed by atoms with E-state index < -0.39 is 0 Å². The summed E-state index contributed by atoms with van der Waals surface area (Å²) in [6.45, 7) is 3.41. The van der Waals surface area contributed by atoms with Gasteiger partial charge in [0.25, 0.3) is 5.91 Å². The second-order valence-electron chi connectivity index (χ2n) is 7.20. The summed E-state index contributed by atoms with van der Waals surface area (Å²) in [6.07, 6.45) is 4.36. The van der Waals surface area contributed by atoms with Gasteiger partial charge in [0.05, 0.1) is 11.0 Å². The highest BCUT2D eigenvalue weighted by atomic mass is 16.5. The number of carbonyl (C=O) groups is 2. The summed E-state index contributed by atoms with van der Waals surface area (Å²) < 4.78 is 5.84. The van der Waals surface area contributed by atoms with Gasteiger partial charge < -0.3 is 20.3 Å². The van der Waals surface area contributed by atoms with Gasteiger partial charge in [-0.3, -0.25) is 9.59 Å². The lowest BCUT2D eigenvalue weighted by atomic mass is 9.73. The first-order valence-electron chi connectivity index (χ1n) is 9.60. The maximum Gasteiger partial charge on any atom is 0.257 e. The summed E-state index contributed by atoms with van der Waals surface area (Å²) in [5.74, 6) is 0.747. The van der Waals surface area contributed by atoms with Crippen LogP contribution < -0.4 is 15.4 Å². The molecule has 0 saturated carbocycles. The van der Waals surface area contributed by atoms with Gasteiger partial charge in [-0.15, -0.1) is 0 Å². The molecule has 0 unspecified atom stereocenters. The molecule has 1 fully saturated rings. The van der Waals surface area contributed by atoms with Crippen molar-refractivity contribution in [2.45, 2.75) is 32.1 Å². The first kappa shape index (κ1) is 18.7. The number of nitrogens with one attached hydrogen (secondary N) is 2. The molecule has 0 aromatic heterocycles. The summed E-state index contributed by atoms with van der Waals surface area (Å²) in [5, 5.41) is 6.22. The zero-order valence-electron chi connectivity index (χ0n) is 15.6. The highest BCUT2D eigenvalue weighted by Gasteiger charge is 2.41. The fourth-order valence-corrected chi connectivity index (χ4v) is 4.00. The van der Waals surface area contributed by atoms with E-state index in [-0.39, 0.29) is 17.2 Å². The van der Waals surface area contributed by atoms with E-state index in [2.05, 4.69) is 10.6 Å². The number of para-hydroxylation sites is 1. The fourth-order valence-electron chi connectivity index (χ4n) is 4.00. The Hall–Kier alpha value is -2.08. The molecule has 3 heterocycles. The molecule has 6 heteroatoms. The van der Waals surface area contributed by atoms with Crippen LogP contribution in [0.1, 0.15) is 42.5 Å². The van der Waals surface area contributed by atoms with Gasteiger partial charge in [-0.25, -0.2) is 0 Å². The van der Waals surface area contributed by atoms with Gasteiger partial charge in [0.15, 0.2) is 0 Å². The highest BCUT2D eigenvalue weighted by Crippen LogP contribution is 2.37. The number of carbonyl (C=O) groups excluding carboxylic acids is 2. The van der Waals surface area contributed by atoms with Crippen LogP contribution in [0.25, 0.3) is 0 Å². The van der Waals surface area contributed by atoms with Crippen LogP contribution in [0.15, 0.2) is 24.3 Å². The van der Waals surface area contributed by atoms with E-state index in [1.165, 1.54) is 0 Å². The number of hydrogen-bond acceptors (Lipinski definition) is 4. The minimum atomic E-state index is -0.346. The molecule has 0 radical (unpaired) electrons. The lowest BCUT2D eigenvalue weighted by molar-refractivity contribution is -0.133. The third kappa shape index (κ3) is 4.01. The van der Waals surface area contributed by atoms with Crippen molar-refractivity contribution in [1.29, 1.82) is 0 Å². The van der Waals surface area contributed by atoms with Crippen LogP contribution in [0.3, 0.4) is 0 Å². The van der Waals surface area contributed by atoms with Gasteiger partial charge in [0.2, 0.25) is 5.91 Å². The third-order valence-electron chi connectivity index (χ3n) is 5.63. The maximum absolute atomic E-state index is 13.0. The van der Waals surface area contributed by atoms with Gasteiger partial charge in [0, 0.05) is 26.7 Å². The lowest BCUT2D eigenvalue weighted by Crippen LogP contribution is -2.49. The molecule has 1 aromatic rings. The predicted octanol–water partition coefficient (Wildman–Crippen LogP) is 1.81. The van der Waals surface area contributed by atoms with E-state index in [9.17, 15) is 9.59 Å². The molecule has 2 bridgehead atoms. The van der Waals surface area contributed by atoms with Crippen molar-refractivity contribution in [2.24, 2.45) is 5.41 Å². The summed E-state index contributed by atoms with van der Waals surface area (Å²) in [5.41, 5.74) is 0.261. The van der Waals surface area contributed by atoms with Crippen molar-refractivity contribution in [3.63, 3.8) is 0 Å². The Balaban J connectivity index is 1.82. The number of fused-ring (bicyclic) bond motifs is 9. The highest BCUT2D eigenvalue weighted by molar-refractivity contribution is 5.97. The Morgan fingerprint density at radius 2 is 1.92 bits per heavy atom. The van der Waals surface area contributed by atoms with E-state index in [1.54, 1.807) is 7.05 Å². The molecule has 1 saturated heterocycles. The van der Waals surface area contributed by atoms with Gasteiger partial charge in [0.1, 0.15) is 12.4 Å². The second-order valence-corrected chi connectivity index (χ2v) is 7.20. The quantitative estimate of drug-likeness (QED) is 0.802. The molecule has 0 aliphatic carbocycles. The molecule has 2 amide bonds. The third-order valence-corrected chi connectivity index (χ3v) is 5.63. The normalized spacial score (nSPS) is 21.1. The Bertz CT molecular complexity index is 639. The summed E-state index contributed by atoms with van der Waals surface area (Å²) in [6, 6.07) is 7.43. The number of piperidine rings is 1. The van der Waals surface area contributed by atoms with Crippen molar-refractivity contribution >= 4 is 11.8 Å². The topological polar surface area (TPSA) is 70.7 Å². The van der Waals surface area contributed by atoms with E-state index in [0.29, 0.717) is 31.0 Å². The summed E-state index contributed by atoms with van der Waals surface area (Å²) in [4.78, 5) is 27.4. The van der Waals surface area contributed by atoms with E-state index in [4.69, 9.17) is 4.74 Å². The van der Waals surface area contributed by atoms with Crippen molar-refractivity contribution in [1.82, 2.24) is 15.5 Å². The number of rotatable bonds is 1. The van der Waals surface area contributed by atoms with E-state index in [1.807, 2.05) is 29.2 Å². The van der Waals surface area contributed by atoms with E-state index in [0.717, 1.165) is 45.2 Å². The molecular formula is C20H29N3O3. The van der Waals surface area contributed by atoms with Crippen LogP contribution in [0.2, 0.25) is 0 Å². The zero-order chi connectivity index (χ0) is 18.4. The number of ether oxygens (including phenoxy) is 1. The SMILES string of the molecule is CNC(=O)C12CCCCNCCOc3ccccc3C(=O)N(CC1)CC2. The largest absolute Gasteiger partial charge is 0.491 e. The van der Waals surface area contributed by atoms with Gasteiger partial charge >= 0.3 is 0 Å². The number of benzene rings is 1. The second kappa shape index (κ2) is 8.54. The number of nitrogens with zero attached hydrogens (tertiary/aromatic N) is 1. The van der Waals surface area contributed by atoms with Crippen LogP contribution in [0.4, 0.5) is 0 Å². The fraction of sp³-hybridized carbons (Fsp3) is 0.600. The molecule has 6 nitrogen and oxygen atoms in total. The van der Waals surface area contributed by atoms with Crippen LogP contribution in [0.5, 0.6) is 5.75 Å². The molecule has 1 aromatic carbocycles. The van der Waals surface area contributed by atoms with Gasteiger partial charge in [-0.1, -0.05) is 18.6 Å². The first-order valence-corrected chi connectivity index (χ1v) is 9.60. The van der Waals surface area contributed by atoms with Crippen molar-refractivity contribution < 1.29 is 14.3 Å².